The molecule has 1 heterocycles. The van der Waals surface area contributed by atoms with Crippen LogP contribution in [-0.2, 0) is 0 Å². The van der Waals surface area contributed by atoms with E-state index in [4.69, 9.17) is 0 Å². The number of aromatic nitrogens is 1. The first-order valence-corrected chi connectivity index (χ1v) is 4.96. The van der Waals surface area contributed by atoms with E-state index in [0.717, 1.165) is 6.92 Å². The van der Waals surface area contributed by atoms with Gasteiger partial charge in [0.1, 0.15) is 4.60 Å². The van der Waals surface area contributed by atoms with Crippen molar-refractivity contribution in [2.24, 2.45) is 0 Å². The first kappa shape index (κ1) is 12.0. The Hall–Kier alpha value is -1.04. The second kappa shape index (κ2) is 4.65. The van der Waals surface area contributed by atoms with Gasteiger partial charge in [-0.25, -0.2) is 13.8 Å². The fraction of sp³-hybridized carbons (Fsp3) is 0.333. The third kappa shape index (κ3) is 3.91. The van der Waals surface area contributed by atoms with Crippen molar-refractivity contribution in [2.45, 2.75) is 12.8 Å². The minimum absolute atomic E-state index is 0.238. The van der Waals surface area contributed by atoms with Crippen molar-refractivity contribution in [1.82, 2.24) is 10.3 Å². The number of halogens is 3. The molecular formula is C9H9BrF2N2O. The van der Waals surface area contributed by atoms with Crippen LogP contribution in [0.25, 0.3) is 0 Å². The second-order valence-electron chi connectivity index (χ2n) is 3.09. The average molecular weight is 279 g/mol. The number of nitrogens with one attached hydrogen (secondary N) is 1. The molecule has 3 nitrogen and oxygen atoms in total. The molecule has 1 aromatic heterocycles. The third-order valence-electron chi connectivity index (χ3n) is 1.56. The Morgan fingerprint density at radius 2 is 2.33 bits per heavy atom. The van der Waals surface area contributed by atoms with Crippen molar-refractivity contribution in [1.29, 1.82) is 0 Å². The summed E-state index contributed by atoms with van der Waals surface area (Å²) in [6, 6.07) is 3.06. The first-order chi connectivity index (χ1) is 6.90. The zero-order valence-corrected chi connectivity index (χ0v) is 9.51. The largest absolute Gasteiger partial charge is 0.346 e. The van der Waals surface area contributed by atoms with Crippen molar-refractivity contribution in [3.05, 3.63) is 28.5 Å². The van der Waals surface area contributed by atoms with Gasteiger partial charge in [-0.05, 0) is 28.1 Å². The molecule has 0 aliphatic carbocycles. The molecule has 0 radical (unpaired) electrons. The molecule has 1 rings (SSSR count). The lowest BCUT2D eigenvalue weighted by Gasteiger charge is -2.11. The predicted octanol–water partition coefficient (Wildman–Crippen LogP) is 2.23. The number of pyridine rings is 1. The van der Waals surface area contributed by atoms with E-state index in [1.165, 1.54) is 12.3 Å². The first-order valence-electron chi connectivity index (χ1n) is 4.17. The summed E-state index contributed by atoms with van der Waals surface area (Å²) in [6.45, 7) is 0.0543. The van der Waals surface area contributed by atoms with Crippen molar-refractivity contribution >= 4 is 21.8 Å². The van der Waals surface area contributed by atoms with Crippen LogP contribution in [0.15, 0.2) is 22.9 Å². The molecule has 82 valence electrons. The van der Waals surface area contributed by atoms with Crippen molar-refractivity contribution in [3.63, 3.8) is 0 Å². The van der Waals surface area contributed by atoms with Crippen LogP contribution in [0.4, 0.5) is 8.78 Å². The number of alkyl halides is 2. The Morgan fingerprint density at radius 3 is 2.87 bits per heavy atom. The molecule has 0 aliphatic heterocycles. The highest BCUT2D eigenvalue weighted by molar-refractivity contribution is 9.10. The van der Waals surface area contributed by atoms with Crippen LogP contribution in [0.5, 0.6) is 0 Å². The summed E-state index contributed by atoms with van der Waals surface area (Å²) < 4.78 is 25.2. The molecular weight excluding hydrogens is 270 g/mol. The van der Waals surface area contributed by atoms with Crippen LogP contribution in [0.3, 0.4) is 0 Å². The molecule has 1 amide bonds. The summed E-state index contributed by atoms with van der Waals surface area (Å²) in [7, 11) is 0. The minimum Gasteiger partial charge on any atom is -0.346 e. The Kier molecular flexibility index (Phi) is 3.73. The maximum Gasteiger partial charge on any atom is 0.262 e. The van der Waals surface area contributed by atoms with Crippen LogP contribution < -0.4 is 5.32 Å². The van der Waals surface area contributed by atoms with E-state index in [9.17, 15) is 13.6 Å². The van der Waals surface area contributed by atoms with Crippen LogP contribution in [0.2, 0.25) is 0 Å². The molecule has 0 bridgehead atoms. The van der Waals surface area contributed by atoms with Gasteiger partial charge in [0.25, 0.3) is 11.8 Å². The SMILES string of the molecule is CC(F)(F)CNC(=O)c1cccnc1Br. The number of carbonyl (C=O) groups excluding carboxylic acids is 1. The van der Waals surface area contributed by atoms with Crippen LogP contribution in [0, 0.1) is 0 Å². The molecule has 0 saturated carbocycles. The van der Waals surface area contributed by atoms with Gasteiger partial charge in [-0.1, -0.05) is 0 Å². The summed E-state index contributed by atoms with van der Waals surface area (Å²) in [6.07, 6.45) is 1.50. The molecule has 0 atom stereocenters. The quantitative estimate of drug-likeness (QED) is 0.862. The molecule has 6 heteroatoms. The van der Waals surface area contributed by atoms with Gasteiger partial charge in [0, 0.05) is 13.1 Å². The zero-order chi connectivity index (χ0) is 11.5. The minimum atomic E-state index is -2.91. The molecule has 0 unspecified atom stereocenters. The molecule has 0 aliphatic rings. The van der Waals surface area contributed by atoms with Gasteiger partial charge in [-0.3, -0.25) is 4.79 Å². The fourth-order valence-electron chi connectivity index (χ4n) is 0.886. The van der Waals surface area contributed by atoms with Gasteiger partial charge in [0.05, 0.1) is 12.1 Å². The Morgan fingerprint density at radius 1 is 1.67 bits per heavy atom. The zero-order valence-electron chi connectivity index (χ0n) is 7.93. The summed E-state index contributed by atoms with van der Waals surface area (Å²) in [4.78, 5) is 15.2. The predicted molar refractivity (Wildman–Crippen MR) is 54.9 cm³/mol. The molecule has 15 heavy (non-hydrogen) atoms. The summed E-state index contributed by atoms with van der Waals surface area (Å²) in [5, 5.41) is 2.12. The molecule has 0 spiro atoms. The lowest BCUT2D eigenvalue weighted by Crippen LogP contribution is -2.34. The van der Waals surface area contributed by atoms with E-state index in [-0.39, 0.29) is 5.56 Å². The summed E-state index contributed by atoms with van der Waals surface area (Å²) in [5.41, 5.74) is 0.238. The van der Waals surface area contributed by atoms with Crippen LogP contribution >= 0.6 is 15.9 Å². The normalized spacial score (nSPS) is 11.2. The monoisotopic (exact) mass is 278 g/mol. The van der Waals surface area contributed by atoms with Gasteiger partial charge in [-0.15, -0.1) is 0 Å². The number of rotatable bonds is 3. The lowest BCUT2D eigenvalue weighted by molar-refractivity contribution is 0.0220. The summed E-state index contributed by atoms with van der Waals surface area (Å²) >= 11 is 3.06. The van der Waals surface area contributed by atoms with Crippen molar-refractivity contribution < 1.29 is 13.6 Å². The smallest absolute Gasteiger partial charge is 0.262 e. The second-order valence-corrected chi connectivity index (χ2v) is 3.85. The van der Waals surface area contributed by atoms with Gasteiger partial charge in [-0.2, -0.15) is 0 Å². The van der Waals surface area contributed by atoms with E-state index in [2.05, 4.69) is 26.2 Å². The third-order valence-corrected chi connectivity index (χ3v) is 2.19. The maximum absolute atomic E-state index is 12.5. The number of carbonyl (C=O) groups is 1. The topological polar surface area (TPSA) is 42.0 Å². The lowest BCUT2D eigenvalue weighted by atomic mass is 10.2. The van der Waals surface area contributed by atoms with Gasteiger partial charge in [0.15, 0.2) is 0 Å². The highest BCUT2D eigenvalue weighted by Gasteiger charge is 2.22. The Labute approximate surface area is 94.0 Å². The number of nitrogens with zero attached hydrogens (tertiary/aromatic N) is 1. The standard InChI is InChI=1S/C9H9BrF2N2O/c1-9(11,12)5-14-8(15)6-3-2-4-13-7(6)10/h2-4H,5H2,1H3,(H,14,15). The van der Waals surface area contributed by atoms with E-state index >= 15 is 0 Å². The van der Waals surface area contributed by atoms with Crippen molar-refractivity contribution in [2.75, 3.05) is 6.54 Å². The van der Waals surface area contributed by atoms with Crippen LogP contribution in [-0.4, -0.2) is 23.4 Å². The fourth-order valence-corrected chi connectivity index (χ4v) is 1.32. The van der Waals surface area contributed by atoms with Gasteiger partial charge >= 0.3 is 0 Å². The highest BCUT2D eigenvalue weighted by Crippen LogP contribution is 2.13. The van der Waals surface area contributed by atoms with E-state index in [1.807, 2.05) is 0 Å². The molecule has 0 aromatic carbocycles. The maximum atomic E-state index is 12.5. The Balaban J connectivity index is 2.66. The van der Waals surface area contributed by atoms with Gasteiger partial charge in [0.2, 0.25) is 0 Å². The van der Waals surface area contributed by atoms with Crippen molar-refractivity contribution in [3.8, 4) is 0 Å². The van der Waals surface area contributed by atoms with E-state index in [1.54, 1.807) is 6.07 Å². The van der Waals surface area contributed by atoms with E-state index in [0.29, 0.717) is 4.60 Å². The molecule has 0 saturated heterocycles. The number of hydrogen-bond donors (Lipinski definition) is 1. The van der Waals surface area contributed by atoms with Crippen LogP contribution in [0.1, 0.15) is 17.3 Å². The Bertz CT molecular complexity index is 365. The highest BCUT2D eigenvalue weighted by atomic mass is 79.9. The van der Waals surface area contributed by atoms with Gasteiger partial charge < -0.3 is 5.32 Å². The summed E-state index contributed by atoms with van der Waals surface area (Å²) in [5.74, 6) is -3.49. The molecule has 0 fully saturated rings. The van der Waals surface area contributed by atoms with E-state index < -0.39 is 18.4 Å². The molecule has 1 aromatic rings. The number of hydrogen-bond acceptors (Lipinski definition) is 2. The average Bonchev–Trinajstić information content (AvgIpc) is 2.14. The number of amides is 1. The molecule has 1 N–H and O–H groups in total.